The molecule has 0 saturated carbocycles. The Morgan fingerprint density at radius 1 is 1.12 bits per heavy atom. The molecule has 0 aliphatic heterocycles. The highest BCUT2D eigenvalue weighted by Crippen LogP contribution is 2.34. The van der Waals surface area contributed by atoms with Crippen molar-refractivity contribution in [2.24, 2.45) is 0 Å². The van der Waals surface area contributed by atoms with Crippen molar-refractivity contribution in [2.45, 2.75) is 40.5 Å². The number of carboxylic acids is 1. The van der Waals surface area contributed by atoms with Gasteiger partial charge in [-0.2, -0.15) is 5.10 Å². The van der Waals surface area contributed by atoms with Crippen molar-refractivity contribution in [3.63, 3.8) is 0 Å². The Morgan fingerprint density at radius 2 is 1.75 bits per heavy atom. The Hall–Kier alpha value is -2.69. The summed E-state index contributed by atoms with van der Waals surface area (Å²) in [4.78, 5) is 15.9. The summed E-state index contributed by atoms with van der Waals surface area (Å²) >= 11 is 0. The number of benzene rings is 1. The average Bonchev–Trinajstić information content (AvgIpc) is 2.82. The van der Waals surface area contributed by atoms with Crippen molar-refractivity contribution in [3.8, 4) is 11.1 Å². The lowest BCUT2D eigenvalue weighted by atomic mass is 9.96. The lowest BCUT2D eigenvalue weighted by Gasteiger charge is -2.11. The molecule has 5 nitrogen and oxygen atoms in total. The summed E-state index contributed by atoms with van der Waals surface area (Å²) in [6.07, 6.45) is 0. The monoisotopic (exact) mass is 323 g/mol. The normalized spacial score (nSPS) is 11.4. The van der Waals surface area contributed by atoms with Gasteiger partial charge < -0.3 is 5.11 Å². The molecule has 3 aromatic rings. The Balaban J connectivity index is 2.46. The van der Waals surface area contributed by atoms with E-state index in [1.807, 2.05) is 26.8 Å². The van der Waals surface area contributed by atoms with E-state index in [1.165, 1.54) is 0 Å². The number of aromatic carboxylic acids is 1. The molecule has 0 fully saturated rings. The molecule has 0 aliphatic rings. The molecule has 1 aromatic carbocycles. The average molecular weight is 323 g/mol. The first kappa shape index (κ1) is 16.2. The van der Waals surface area contributed by atoms with Crippen LogP contribution in [0.1, 0.15) is 52.8 Å². The molecular formula is C19H21N3O2. The molecule has 5 heteroatoms. The van der Waals surface area contributed by atoms with Crippen molar-refractivity contribution in [1.82, 2.24) is 14.6 Å². The van der Waals surface area contributed by atoms with E-state index in [1.54, 1.807) is 10.6 Å². The second-order valence-corrected chi connectivity index (χ2v) is 6.49. The minimum absolute atomic E-state index is 0.0542. The molecule has 0 aliphatic carbocycles. The van der Waals surface area contributed by atoms with Crippen LogP contribution in [0.5, 0.6) is 0 Å². The Morgan fingerprint density at radius 3 is 2.29 bits per heavy atom. The van der Waals surface area contributed by atoms with Crippen molar-refractivity contribution in [1.29, 1.82) is 0 Å². The maximum Gasteiger partial charge on any atom is 0.354 e. The van der Waals surface area contributed by atoms with E-state index in [0.717, 1.165) is 33.6 Å². The van der Waals surface area contributed by atoms with E-state index in [2.05, 4.69) is 36.1 Å². The molecule has 0 saturated heterocycles. The number of rotatable bonds is 3. The first-order valence-corrected chi connectivity index (χ1v) is 8.01. The van der Waals surface area contributed by atoms with Gasteiger partial charge in [0.2, 0.25) is 0 Å². The molecule has 1 N–H and O–H groups in total. The Labute approximate surface area is 141 Å². The number of hydrogen-bond acceptors (Lipinski definition) is 3. The fourth-order valence-electron chi connectivity index (χ4n) is 3.17. The van der Waals surface area contributed by atoms with Gasteiger partial charge in [0.25, 0.3) is 0 Å². The molecule has 24 heavy (non-hydrogen) atoms. The highest BCUT2D eigenvalue weighted by Gasteiger charge is 2.21. The topological polar surface area (TPSA) is 67.5 Å². The quantitative estimate of drug-likeness (QED) is 0.786. The number of fused-ring (bicyclic) bond motifs is 1. The summed E-state index contributed by atoms with van der Waals surface area (Å²) in [5.74, 6) is -0.885. The fourth-order valence-corrected chi connectivity index (χ4v) is 3.17. The third-order valence-corrected chi connectivity index (χ3v) is 4.33. The van der Waals surface area contributed by atoms with E-state index in [-0.39, 0.29) is 11.6 Å². The SMILES string of the molecule is Cc1cccc(C)c1-c1c(C)nn2c(C(C)C)cc(C(=O)O)nc12. The molecule has 2 heterocycles. The molecule has 0 amide bonds. The first-order valence-electron chi connectivity index (χ1n) is 8.01. The predicted molar refractivity (Wildman–Crippen MR) is 93.7 cm³/mol. The van der Waals surface area contributed by atoms with E-state index in [0.29, 0.717) is 5.65 Å². The zero-order valence-corrected chi connectivity index (χ0v) is 14.6. The molecule has 0 radical (unpaired) electrons. The van der Waals surface area contributed by atoms with Gasteiger partial charge in [0.1, 0.15) is 0 Å². The van der Waals surface area contributed by atoms with Gasteiger partial charge in [-0.25, -0.2) is 14.3 Å². The summed E-state index contributed by atoms with van der Waals surface area (Å²) in [6, 6.07) is 7.73. The van der Waals surface area contributed by atoms with Gasteiger partial charge in [0, 0.05) is 5.69 Å². The molecule has 0 spiro atoms. The maximum atomic E-state index is 11.5. The number of aromatic nitrogens is 3. The molecular weight excluding hydrogens is 302 g/mol. The van der Waals surface area contributed by atoms with E-state index in [4.69, 9.17) is 0 Å². The van der Waals surface area contributed by atoms with Gasteiger partial charge in [-0.05, 0) is 49.4 Å². The number of carbonyl (C=O) groups is 1. The fraction of sp³-hybridized carbons (Fsp3) is 0.316. The number of carboxylic acid groups (broad SMARTS) is 1. The van der Waals surface area contributed by atoms with E-state index >= 15 is 0 Å². The molecule has 2 aromatic heterocycles. The van der Waals surface area contributed by atoms with Crippen LogP contribution in [-0.4, -0.2) is 25.7 Å². The Kier molecular flexibility index (Phi) is 3.87. The van der Waals surface area contributed by atoms with Gasteiger partial charge in [0.05, 0.1) is 11.3 Å². The minimum atomic E-state index is -1.02. The first-order chi connectivity index (χ1) is 11.3. The van der Waals surface area contributed by atoms with E-state index in [9.17, 15) is 9.90 Å². The summed E-state index contributed by atoms with van der Waals surface area (Å²) in [5.41, 5.74) is 6.60. The number of nitrogens with zero attached hydrogens (tertiary/aromatic N) is 3. The number of aryl methyl sites for hydroxylation is 3. The standard InChI is InChI=1S/C19H21N3O2/c1-10(2)15-9-14(19(23)24)20-18-17(13(5)21-22(15)18)16-11(3)7-6-8-12(16)4/h6-10H,1-5H3,(H,23,24). The largest absolute Gasteiger partial charge is 0.477 e. The van der Waals surface area contributed by atoms with Crippen LogP contribution in [-0.2, 0) is 0 Å². The third kappa shape index (κ3) is 2.46. The third-order valence-electron chi connectivity index (χ3n) is 4.33. The van der Waals surface area contributed by atoms with Crippen LogP contribution in [0, 0.1) is 20.8 Å². The second kappa shape index (κ2) is 5.74. The smallest absolute Gasteiger partial charge is 0.354 e. The van der Waals surface area contributed by atoms with E-state index < -0.39 is 5.97 Å². The zero-order valence-electron chi connectivity index (χ0n) is 14.6. The highest BCUT2D eigenvalue weighted by atomic mass is 16.4. The Bertz CT molecular complexity index is 935. The summed E-state index contributed by atoms with van der Waals surface area (Å²) in [5, 5.41) is 14.1. The second-order valence-electron chi connectivity index (χ2n) is 6.49. The van der Waals surface area contributed by atoms with Crippen LogP contribution in [0.15, 0.2) is 24.3 Å². The molecule has 0 atom stereocenters. The zero-order chi connectivity index (χ0) is 17.6. The number of hydrogen-bond donors (Lipinski definition) is 1. The maximum absolute atomic E-state index is 11.5. The summed E-state index contributed by atoms with van der Waals surface area (Å²) < 4.78 is 1.79. The lowest BCUT2D eigenvalue weighted by Crippen LogP contribution is -2.09. The van der Waals surface area contributed by atoms with Gasteiger partial charge >= 0.3 is 5.97 Å². The van der Waals surface area contributed by atoms with Crippen LogP contribution in [0.25, 0.3) is 16.8 Å². The minimum Gasteiger partial charge on any atom is -0.477 e. The lowest BCUT2D eigenvalue weighted by molar-refractivity contribution is 0.0690. The van der Waals surface area contributed by atoms with Gasteiger partial charge in [-0.15, -0.1) is 0 Å². The molecule has 124 valence electrons. The molecule has 3 rings (SSSR count). The van der Waals surface area contributed by atoms with Crippen LogP contribution >= 0.6 is 0 Å². The van der Waals surface area contributed by atoms with Crippen LogP contribution in [0.3, 0.4) is 0 Å². The van der Waals surface area contributed by atoms with Crippen molar-refractivity contribution in [3.05, 3.63) is 52.5 Å². The predicted octanol–water partition coefficient (Wildman–Crippen LogP) is 4.14. The van der Waals surface area contributed by atoms with Crippen molar-refractivity contribution < 1.29 is 9.90 Å². The van der Waals surface area contributed by atoms with Gasteiger partial charge in [-0.3, -0.25) is 0 Å². The van der Waals surface area contributed by atoms with Crippen LogP contribution in [0.4, 0.5) is 0 Å². The molecule has 0 unspecified atom stereocenters. The van der Waals surface area contributed by atoms with Crippen LogP contribution in [0.2, 0.25) is 0 Å². The highest BCUT2D eigenvalue weighted by molar-refractivity contribution is 5.89. The summed E-state index contributed by atoms with van der Waals surface area (Å²) in [7, 11) is 0. The van der Waals surface area contributed by atoms with Crippen molar-refractivity contribution >= 4 is 11.6 Å². The van der Waals surface area contributed by atoms with Crippen molar-refractivity contribution in [2.75, 3.05) is 0 Å². The summed E-state index contributed by atoms with van der Waals surface area (Å²) in [6.45, 7) is 10.1. The van der Waals surface area contributed by atoms with Crippen LogP contribution < -0.4 is 0 Å². The van der Waals surface area contributed by atoms with Gasteiger partial charge in [0.15, 0.2) is 11.3 Å². The molecule has 0 bridgehead atoms. The van der Waals surface area contributed by atoms with Gasteiger partial charge in [-0.1, -0.05) is 32.0 Å².